The first kappa shape index (κ1) is 18.0. The average molecular weight is 296 g/mol. The summed E-state index contributed by atoms with van der Waals surface area (Å²) < 4.78 is 0. The van der Waals surface area contributed by atoms with E-state index in [2.05, 4.69) is 33.0 Å². The van der Waals surface area contributed by atoms with Crippen LogP contribution in [-0.4, -0.2) is 34.8 Å². The minimum Gasteiger partial charge on any atom is -0.340 e. The molecule has 1 rings (SSSR count). The number of hydrogen-bond donors (Lipinski definition) is 1. The highest BCUT2D eigenvalue weighted by atomic mass is 16.2. The zero-order valence-electron chi connectivity index (χ0n) is 14.7. The summed E-state index contributed by atoms with van der Waals surface area (Å²) in [5, 5.41) is 2.96. The van der Waals surface area contributed by atoms with Crippen LogP contribution in [0.1, 0.15) is 61.3 Å². The summed E-state index contributed by atoms with van der Waals surface area (Å²) in [4.78, 5) is 27.1. The van der Waals surface area contributed by atoms with Crippen molar-refractivity contribution >= 4 is 11.8 Å². The van der Waals surface area contributed by atoms with E-state index in [9.17, 15) is 9.59 Å². The van der Waals surface area contributed by atoms with Crippen molar-refractivity contribution in [2.45, 2.75) is 72.9 Å². The largest absolute Gasteiger partial charge is 0.340 e. The lowest BCUT2D eigenvalue weighted by atomic mass is 9.82. The van der Waals surface area contributed by atoms with Gasteiger partial charge in [-0.25, -0.2) is 0 Å². The predicted octanol–water partition coefficient (Wildman–Crippen LogP) is 2.82. The molecule has 0 aliphatic carbocycles. The van der Waals surface area contributed by atoms with E-state index in [1.54, 1.807) is 0 Å². The monoisotopic (exact) mass is 296 g/mol. The number of nitrogens with one attached hydrogen (secondary N) is 1. The third-order valence-corrected chi connectivity index (χ3v) is 5.21. The van der Waals surface area contributed by atoms with Crippen LogP contribution in [0.5, 0.6) is 0 Å². The van der Waals surface area contributed by atoms with Gasteiger partial charge in [0.25, 0.3) is 0 Å². The molecule has 1 saturated heterocycles. The molecule has 2 amide bonds. The quantitative estimate of drug-likeness (QED) is 0.819. The highest BCUT2D eigenvalue weighted by Gasteiger charge is 2.47. The fraction of sp³-hybridized carbons (Fsp3) is 0.882. The Labute approximate surface area is 129 Å². The van der Waals surface area contributed by atoms with Crippen LogP contribution >= 0.6 is 0 Å². The van der Waals surface area contributed by atoms with E-state index in [1.807, 2.05) is 25.7 Å². The van der Waals surface area contributed by atoms with E-state index in [0.29, 0.717) is 37.1 Å². The second kappa shape index (κ2) is 6.80. The minimum absolute atomic E-state index is 0.0236. The van der Waals surface area contributed by atoms with Crippen molar-refractivity contribution in [2.75, 3.05) is 6.54 Å². The lowest BCUT2D eigenvalue weighted by molar-refractivity contribution is -0.156. The Balaban J connectivity index is 3.07. The Kier molecular flexibility index (Phi) is 5.83. The fourth-order valence-electron chi connectivity index (χ4n) is 3.37. The van der Waals surface area contributed by atoms with Crippen LogP contribution in [0.4, 0.5) is 0 Å². The molecule has 122 valence electrons. The van der Waals surface area contributed by atoms with Crippen molar-refractivity contribution in [1.82, 2.24) is 10.2 Å². The number of carbonyl (C=O) groups is 2. The third-order valence-electron chi connectivity index (χ3n) is 5.21. The number of rotatable bonds is 6. The first-order valence-electron chi connectivity index (χ1n) is 8.33. The van der Waals surface area contributed by atoms with Gasteiger partial charge in [0.15, 0.2) is 0 Å². The smallest absolute Gasteiger partial charge is 0.248 e. The summed E-state index contributed by atoms with van der Waals surface area (Å²) in [7, 11) is 0. The molecule has 1 unspecified atom stereocenters. The molecule has 1 heterocycles. The van der Waals surface area contributed by atoms with E-state index in [-0.39, 0.29) is 17.9 Å². The Morgan fingerprint density at radius 2 is 1.57 bits per heavy atom. The van der Waals surface area contributed by atoms with Gasteiger partial charge in [-0.2, -0.15) is 0 Å². The van der Waals surface area contributed by atoms with Gasteiger partial charge in [-0.05, 0) is 37.5 Å². The normalized spacial score (nSPS) is 22.4. The standard InChI is InChI=1S/C17H32N2O2/c1-8-17(9-2)16(21)19(13(7)15(20)18-17)10-14(11(3)4)12(5)6/h11-14H,8-10H2,1-7H3,(H,18,20). The highest BCUT2D eigenvalue weighted by molar-refractivity contribution is 5.99. The van der Waals surface area contributed by atoms with Crippen LogP contribution in [0, 0.1) is 17.8 Å². The van der Waals surface area contributed by atoms with Crippen molar-refractivity contribution in [3.8, 4) is 0 Å². The summed E-state index contributed by atoms with van der Waals surface area (Å²) in [6.45, 7) is 15.2. The molecular formula is C17H32N2O2. The topological polar surface area (TPSA) is 49.4 Å². The van der Waals surface area contributed by atoms with Gasteiger partial charge in [0.05, 0.1) is 0 Å². The highest BCUT2D eigenvalue weighted by Crippen LogP contribution is 2.29. The number of nitrogens with zero attached hydrogens (tertiary/aromatic N) is 1. The Hall–Kier alpha value is -1.06. The van der Waals surface area contributed by atoms with Crippen LogP contribution in [0.25, 0.3) is 0 Å². The van der Waals surface area contributed by atoms with Crippen molar-refractivity contribution < 1.29 is 9.59 Å². The van der Waals surface area contributed by atoms with E-state index in [1.165, 1.54) is 0 Å². The van der Waals surface area contributed by atoms with Gasteiger partial charge in [0.2, 0.25) is 11.8 Å². The van der Waals surface area contributed by atoms with E-state index in [0.717, 1.165) is 0 Å². The van der Waals surface area contributed by atoms with Gasteiger partial charge < -0.3 is 10.2 Å². The zero-order valence-corrected chi connectivity index (χ0v) is 14.7. The van der Waals surface area contributed by atoms with Crippen molar-refractivity contribution in [3.05, 3.63) is 0 Å². The number of piperazine rings is 1. The second-order valence-electron chi connectivity index (χ2n) is 7.06. The van der Waals surface area contributed by atoms with E-state index >= 15 is 0 Å². The number of hydrogen-bond acceptors (Lipinski definition) is 2. The first-order valence-corrected chi connectivity index (χ1v) is 8.33. The number of amides is 2. The lowest BCUT2D eigenvalue weighted by Gasteiger charge is -2.46. The summed E-state index contributed by atoms with van der Waals surface area (Å²) in [6.07, 6.45) is 1.29. The van der Waals surface area contributed by atoms with Gasteiger partial charge >= 0.3 is 0 Å². The van der Waals surface area contributed by atoms with Crippen LogP contribution in [0.15, 0.2) is 0 Å². The molecule has 21 heavy (non-hydrogen) atoms. The van der Waals surface area contributed by atoms with Crippen LogP contribution < -0.4 is 5.32 Å². The molecule has 0 radical (unpaired) electrons. The van der Waals surface area contributed by atoms with E-state index < -0.39 is 5.54 Å². The molecule has 0 aromatic rings. The van der Waals surface area contributed by atoms with Crippen LogP contribution in [-0.2, 0) is 9.59 Å². The summed E-state index contributed by atoms with van der Waals surface area (Å²) in [5.74, 6) is 1.46. The second-order valence-corrected chi connectivity index (χ2v) is 7.06. The van der Waals surface area contributed by atoms with Crippen LogP contribution in [0.3, 0.4) is 0 Å². The maximum atomic E-state index is 13.0. The Bertz CT molecular complexity index is 378. The van der Waals surface area contributed by atoms with Crippen LogP contribution in [0.2, 0.25) is 0 Å². The Morgan fingerprint density at radius 1 is 1.10 bits per heavy atom. The summed E-state index contributed by atoms with van der Waals surface area (Å²) >= 11 is 0. The van der Waals surface area contributed by atoms with Gasteiger partial charge in [0, 0.05) is 6.54 Å². The maximum Gasteiger partial charge on any atom is 0.248 e. The van der Waals surface area contributed by atoms with Crippen molar-refractivity contribution in [2.24, 2.45) is 17.8 Å². The average Bonchev–Trinajstić information content (AvgIpc) is 2.42. The molecule has 0 aromatic carbocycles. The fourth-order valence-corrected chi connectivity index (χ4v) is 3.37. The molecule has 1 fully saturated rings. The summed E-state index contributed by atoms with van der Waals surface area (Å²) in [6, 6.07) is -0.372. The molecule has 0 bridgehead atoms. The number of carbonyl (C=O) groups excluding carboxylic acids is 2. The van der Waals surface area contributed by atoms with Gasteiger partial charge in [-0.1, -0.05) is 41.5 Å². The minimum atomic E-state index is -0.706. The molecule has 1 N–H and O–H groups in total. The molecule has 1 atom stereocenters. The summed E-state index contributed by atoms with van der Waals surface area (Å²) in [5.41, 5.74) is -0.706. The van der Waals surface area contributed by atoms with Gasteiger partial charge in [-0.15, -0.1) is 0 Å². The molecule has 4 heteroatoms. The van der Waals surface area contributed by atoms with Gasteiger partial charge in [-0.3, -0.25) is 9.59 Å². The third kappa shape index (κ3) is 3.41. The molecular weight excluding hydrogens is 264 g/mol. The maximum absolute atomic E-state index is 13.0. The first-order chi connectivity index (χ1) is 9.70. The molecule has 0 saturated carbocycles. The zero-order chi connectivity index (χ0) is 16.4. The Morgan fingerprint density at radius 3 is 1.95 bits per heavy atom. The molecule has 4 nitrogen and oxygen atoms in total. The molecule has 0 spiro atoms. The van der Waals surface area contributed by atoms with Gasteiger partial charge in [0.1, 0.15) is 11.6 Å². The molecule has 1 aliphatic heterocycles. The molecule has 0 aromatic heterocycles. The predicted molar refractivity (Wildman–Crippen MR) is 85.8 cm³/mol. The molecule has 1 aliphatic rings. The van der Waals surface area contributed by atoms with Crippen molar-refractivity contribution in [1.29, 1.82) is 0 Å². The van der Waals surface area contributed by atoms with Crippen molar-refractivity contribution in [3.63, 3.8) is 0 Å². The van der Waals surface area contributed by atoms with E-state index in [4.69, 9.17) is 0 Å². The SMILES string of the molecule is CCC1(CC)NC(=O)C(C)N(CC(C(C)C)C(C)C)C1=O. The lowest BCUT2D eigenvalue weighted by Crippen LogP contribution is -2.70.